The molecule has 0 N–H and O–H groups in total. The zero-order valence-corrected chi connectivity index (χ0v) is 39.2. The van der Waals surface area contributed by atoms with Crippen molar-refractivity contribution < 1.29 is 4.42 Å². The fraction of sp³-hybridized carbons (Fsp3) is 0.121. The van der Waals surface area contributed by atoms with Gasteiger partial charge in [-0.3, -0.25) is 0 Å². The van der Waals surface area contributed by atoms with Gasteiger partial charge in [-0.15, -0.1) is 0 Å². The number of hydrogen-bond donors (Lipinski definition) is 0. The maximum absolute atomic E-state index is 6.97. The first-order valence-corrected chi connectivity index (χ1v) is 24.3. The lowest BCUT2D eigenvalue weighted by Gasteiger charge is -2.31. The molecule has 3 heteroatoms. The maximum atomic E-state index is 6.97. The Hall–Kier alpha value is -8.32. The van der Waals surface area contributed by atoms with Gasteiger partial charge in [-0.05, 0) is 136 Å². The molecule has 0 aliphatic heterocycles. The Morgan fingerprint density at radius 1 is 0.536 bits per heavy atom. The molecule has 9 aromatic carbocycles. The molecule has 0 atom stereocenters. The van der Waals surface area contributed by atoms with Crippen LogP contribution >= 0.6 is 0 Å². The van der Waals surface area contributed by atoms with Crippen molar-refractivity contribution in [2.75, 3.05) is 4.90 Å². The van der Waals surface area contributed by atoms with Gasteiger partial charge in [0, 0.05) is 49.4 Å². The summed E-state index contributed by atoms with van der Waals surface area (Å²) in [6.45, 7) is 9.49. The van der Waals surface area contributed by atoms with Crippen LogP contribution in [0.2, 0.25) is 0 Å². The van der Waals surface area contributed by atoms with E-state index in [1.54, 1.807) is 0 Å². The highest BCUT2D eigenvalue weighted by atomic mass is 16.3. The van der Waals surface area contributed by atoms with Crippen molar-refractivity contribution in [3.05, 3.63) is 234 Å². The summed E-state index contributed by atoms with van der Waals surface area (Å²) < 4.78 is 9.35. The monoisotopic (exact) mass is 884 g/mol. The Labute approximate surface area is 402 Å². The average Bonchev–Trinajstić information content (AvgIpc) is 4.07. The molecule has 3 nitrogen and oxygen atoms in total. The lowest BCUT2D eigenvalue weighted by molar-refractivity contribution is 0.651. The number of para-hydroxylation sites is 2. The first kappa shape index (κ1) is 39.8. The standard InChI is InChI=1S/C66H48N2O/c1-65(2)54-26-15-12-24-50(54)62-55(65)27-17-29-59(62)68(45-32-33-48-47-22-11-14-25-53(47)66(3,4)56(48)40-45)64-46(41-18-7-5-8-19-41)34-37-61-63(64)52-39-43(31-36-60(52)69-61)42-30-35-58-51(38-42)49-23-13-16-28-57(49)67(58)44-20-9-6-10-21-44/h5-11,13-23,25-31,34-40H,12,24H2,1-4H3. The molecule has 0 fully saturated rings. The second-order valence-corrected chi connectivity index (χ2v) is 20.2. The molecule has 0 unspecified atom stereocenters. The Morgan fingerprint density at radius 3 is 2.10 bits per heavy atom. The quantitative estimate of drug-likeness (QED) is 0.166. The van der Waals surface area contributed by atoms with Crippen LogP contribution in [0.5, 0.6) is 0 Å². The van der Waals surface area contributed by atoms with Gasteiger partial charge >= 0.3 is 0 Å². The van der Waals surface area contributed by atoms with Crippen molar-refractivity contribution in [3.63, 3.8) is 0 Å². The average molecular weight is 885 g/mol. The predicted molar refractivity (Wildman–Crippen MR) is 287 cm³/mol. The highest BCUT2D eigenvalue weighted by molar-refractivity contribution is 6.18. The highest BCUT2D eigenvalue weighted by Gasteiger charge is 2.41. The van der Waals surface area contributed by atoms with Gasteiger partial charge in [-0.2, -0.15) is 0 Å². The van der Waals surface area contributed by atoms with E-state index in [0.717, 1.165) is 85.3 Å². The fourth-order valence-electron chi connectivity index (χ4n) is 12.4. The third-order valence-electron chi connectivity index (χ3n) is 15.7. The van der Waals surface area contributed by atoms with Gasteiger partial charge in [0.15, 0.2) is 0 Å². The van der Waals surface area contributed by atoms with E-state index in [9.17, 15) is 0 Å². The summed E-state index contributed by atoms with van der Waals surface area (Å²) in [5.41, 5.74) is 23.0. The summed E-state index contributed by atoms with van der Waals surface area (Å²) in [4.78, 5) is 2.52. The summed E-state index contributed by atoms with van der Waals surface area (Å²) in [6.07, 6.45) is 6.76. The molecule has 11 aromatic rings. The minimum absolute atomic E-state index is 0.152. The van der Waals surface area contributed by atoms with Gasteiger partial charge < -0.3 is 13.9 Å². The number of nitrogens with zero attached hydrogens (tertiary/aromatic N) is 2. The fourth-order valence-corrected chi connectivity index (χ4v) is 12.4. The number of allylic oxidation sites excluding steroid dienone is 4. The van der Waals surface area contributed by atoms with Crippen molar-refractivity contribution in [1.82, 2.24) is 4.57 Å². The summed E-state index contributed by atoms with van der Waals surface area (Å²) in [7, 11) is 0. The van der Waals surface area contributed by atoms with Gasteiger partial charge in [-0.25, -0.2) is 0 Å². The minimum Gasteiger partial charge on any atom is -0.456 e. The van der Waals surface area contributed by atoms with E-state index in [-0.39, 0.29) is 10.8 Å². The summed E-state index contributed by atoms with van der Waals surface area (Å²) in [5, 5.41) is 4.60. The van der Waals surface area contributed by atoms with Crippen LogP contribution in [0, 0.1) is 12.1 Å². The summed E-state index contributed by atoms with van der Waals surface area (Å²) >= 11 is 0. The lowest BCUT2D eigenvalue weighted by atomic mass is 9.80. The third kappa shape index (κ3) is 5.70. The topological polar surface area (TPSA) is 21.3 Å². The first-order chi connectivity index (χ1) is 33.8. The van der Waals surface area contributed by atoms with Crippen LogP contribution in [-0.4, -0.2) is 4.57 Å². The molecule has 0 amide bonds. The summed E-state index contributed by atoms with van der Waals surface area (Å²) in [6, 6.07) is 74.2. The second-order valence-electron chi connectivity index (χ2n) is 20.2. The molecule has 0 saturated heterocycles. The van der Waals surface area contributed by atoms with Gasteiger partial charge in [0.05, 0.1) is 33.5 Å². The molecule has 0 bridgehead atoms. The van der Waals surface area contributed by atoms with Crippen molar-refractivity contribution in [1.29, 1.82) is 0 Å². The van der Waals surface area contributed by atoms with E-state index < -0.39 is 0 Å². The van der Waals surface area contributed by atoms with E-state index in [0.29, 0.717) is 0 Å². The molecular formula is C66H48N2O. The van der Waals surface area contributed by atoms with Crippen molar-refractivity contribution in [2.45, 2.75) is 51.4 Å². The summed E-state index contributed by atoms with van der Waals surface area (Å²) in [5.74, 6) is 0. The number of anilines is 3. The molecule has 0 radical (unpaired) electrons. The Morgan fingerprint density at radius 2 is 1.25 bits per heavy atom. The predicted octanol–water partition coefficient (Wildman–Crippen LogP) is 17.8. The van der Waals surface area contributed by atoms with Gasteiger partial charge in [0.2, 0.25) is 0 Å². The molecule has 3 aliphatic rings. The van der Waals surface area contributed by atoms with Crippen molar-refractivity contribution in [3.8, 4) is 39.1 Å². The van der Waals surface area contributed by atoms with Crippen LogP contribution < -0.4 is 4.90 Å². The number of hydrogen-bond acceptors (Lipinski definition) is 2. The highest BCUT2D eigenvalue weighted by Crippen LogP contribution is 2.58. The van der Waals surface area contributed by atoms with Crippen LogP contribution in [0.3, 0.4) is 0 Å². The third-order valence-corrected chi connectivity index (χ3v) is 15.7. The van der Waals surface area contributed by atoms with Crippen LogP contribution in [0.4, 0.5) is 17.1 Å². The molecule has 3 aliphatic carbocycles. The molecule has 0 saturated carbocycles. The van der Waals surface area contributed by atoms with E-state index in [4.69, 9.17) is 4.42 Å². The molecule has 328 valence electrons. The first-order valence-electron chi connectivity index (χ1n) is 24.3. The number of furan rings is 1. The number of aromatic nitrogens is 1. The van der Waals surface area contributed by atoms with E-state index in [1.165, 1.54) is 60.8 Å². The normalized spacial score (nSPS) is 15.1. The van der Waals surface area contributed by atoms with Crippen molar-refractivity contribution in [2.24, 2.45) is 0 Å². The van der Waals surface area contributed by atoms with Gasteiger partial charge in [0.25, 0.3) is 0 Å². The molecule has 2 heterocycles. The smallest absolute Gasteiger partial charge is 0.137 e. The number of fused-ring (bicyclic) bond motifs is 11. The van der Waals surface area contributed by atoms with Crippen LogP contribution in [-0.2, 0) is 10.8 Å². The molecule has 14 rings (SSSR count). The van der Waals surface area contributed by atoms with Crippen LogP contribution in [0.25, 0.3) is 88.4 Å². The maximum Gasteiger partial charge on any atom is 0.137 e. The molecular weight excluding hydrogens is 837 g/mol. The zero-order valence-electron chi connectivity index (χ0n) is 39.2. The second kappa shape index (κ2) is 14.6. The molecule has 0 spiro atoms. The molecule has 2 aromatic heterocycles. The van der Waals surface area contributed by atoms with E-state index >= 15 is 0 Å². The Balaban J connectivity index is 1.06. The minimum atomic E-state index is -0.234. The number of rotatable bonds is 6. The van der Waals surface area contributed by atoms with Crippen LogP contribution in [0.15, 0.2) is 204 Å². The van der Waals surface area contributed by atoms with E-state index in [1.807, 2.05) is 0 Å². The largest absolute Gasteiger partial charge is 0.456 e. The van der Waals surface area contributed by atoms with Gasteiger partial charge in [-0.1, -0.05) is 161 Å². The van der Waals surface area contributed by atoms with Crippen molar-refractivity contribution >= 4 is 66.4 Å². The number of benzene rings is 8. The SMILES string of the molecule is CC1(C)C2=C(CCC=C2)c2c(N(c3c#cc4c(c3)C(C)(C)c3ccccc3-4)c3c(-c4ccccc4)ccc4oc5ccc(-c6ccc7c(c6)c6ccccc6n7-c6ccccc6)cc5c34)cccc21. The Bertz CT molecular complexity index is 4010. The van der Waals surface area contributed by atoms with E-state index in [2.05, 4.69) is 243 Å². The molecule has 69 heavy (non-hydrogen) atoms. The lowest BCUT2D eigenvalue weighted by Crippen LogP contribution is -2.19. The Kier molecular flexibility index (Phi) is 8.42. The van der Waals surface area contributed by atoms with Gasteiger partial charge in [0.1, 0.15) is 11.2 Å². The zero-order chi connectivity index (χ0) is 46.2. The van der Waals surface area contributed by atoms with Crippen LogP contribution in [0.1, 0.15) is 62.8 Å².